The molecular weight excluding hydrogens is 364 g/mol. The summed E-state index contributed by atoms with van der Waals surface area (Å²) < 4.78 is 5.72. The summed E-state index contributed by atoms with van der Waals surface area (Å²) in [6, 6.07) is 7.35. The zero-order valence-corrected chi connectivity index (χ0v) is 13.0. The second-order valence-corrected chi connectivity index (χ2v) is 8.88. The number of benzene rings is 1. The van der Waals surface area contributed by atoms with Gasteiger partial charge in [0.1, 0.15) is 0 Å². The summed E-state index contributed by atoms with van der Waals surface area (Å²) in [5, 5.41) is 0. The van der Waals surface area contributed by atoms with Gasteiger partial charge in [-0.1, -0.05) is 0 Å². The Hall–Kier alpha value is -0.0849. The van der Waals surface area contributed by atoms with Gasteiger partial charge in [-0.3, -0.25) is 0 Å². The molecule has 0 saturated heterocycles. The first-order chi connectivity index (χ1) is 5.77. The zero-order valence-electron chi connectivity index (χ0n) is 6.71. The van der Waals surface area contributed by atoms with Gasteiger partial charge in [0.25, 0.3) is 0 Å². The van der Waals surface area contributed by atoms with E-state index in [4.69, 9.17) is 8.25 Å². The van der Waals surface area contributed by atoms with Gasteiger partial charge in [-0.15, -0.1) is 0 Å². The van der Waals surface area contributed by atoms with Gasteiger partial charge in [0.05, 0.1) is 0 Å². The molecular formula is C8H7ClHgO2. The monoisotopic (exact) mass is 372 g/mol. The predicted molar refractivity (Wildman–Crippen MR) is 43.3 cm³/mol. The van der Waals surface area contributed by atoms with E-state index in [-0.39, 0.29) is 5.97 Å². The molecule has 0 aliphatic heterocycles. The molecule has 1 aromatic rings. The van der Waals surface area contributed by atoms with Crippen molar-refractivity contribution in [2.24, 2.45) is 0 Å². The molecule has 0 bridgehead atoms. The fourth-order valence-corrected chi connectivity index (χ4v) is 4.39. The SMILES string of the molecule is COC(=O)c1ccc[c]([Hg][Cl])c1. The Labute approximate surface area is 86.7 Å². The molecule has 4 heteroatoms. The minimum absolute atomic E-state index is 0.296. The third kappa shape index (κ3) is 2.46. The number of carbonyl (C=O) groups excluding carboxylic acids is 1. The van der Waals surface area contributed by atoms with Crippen molar-refractivity contribution in [3.63, 3.8) is 0 Å². The van der Waals surface area contributed by atoms with Crippen LogP contribution in [0, 0.1) is 0 Å². The molecule has 12 heavy (non-hydrogen) atoms. The van der Waals surface area contributed by atoms with Crippen LogP contribution in [0.1, 0.15) is 10.4 Å². The van der Waals surface area contributed by atoms with Crippen molar-refractivity contribution in [2.75, 3.05) is 7.11 Å². The molecule has 0 aliphatic carbocycles. The van der Waals surface area contributed by atoms with Crippen LogP contribution in [0.25, 0.3) is 0 Å². The summed E-state index contributed by atoms with van der Waals surface area (Å²) in [5.74, 6) is -0.296. The van der Waals surface area contributed by atoms with E-state index in [1.165, 1.54) is 7.11 Å². The van der Waals surface area contributed by atoms with Crippen LogP contribution in [0.5, 0.6) is 0 Å². The fraction of sp³-hybridized carbons (Fsp3) is 0.125. The second kappa shape index (κ2) is 4.82. The van der Waals surface area contributed by atoms with Crippen molar-refractivity contribution in [1.29, 1.82) is 0 Å². The third-order valence-electron chi connectivity index (χ3n) is 1.50. The summed E-state index contributed by atoms with van der Waals surface area (Å²) in [5.41, 5.74) is 0.593. The Morgan fingerprint density at radius 3 is 2.92 bits per heavy atom. The molecule has 0 spiro atoms. The van der Waals surface area contributed by atoms with E-state index >= 15 is 0 Å². The topological polar surface area (TPSA) is 26.3 Å². The number of rotatable bonds is 2. The van der Waals surface area contributed by atoms with Gasteiger partial charge < -0.3 is 0 Å². The van der Waals surface area contributed by atoms with Gasteiger partial charge >= 0.3 is 87.1 Å². The van der Waals surface area contributed by atoms with Crippen LogP contribution in [-0.4, -0.2) is 13.1 Å². The summed E-state index contributed by atoms with van der Waals surface area (Å²) in [6.07, 6.45) is 0. The molecule has 0 aromatic heterocycles. The zero-order chi connectivity index (χ0) is 8.97. The molecule has 0 radical (unpaired) electrons. The molecule has 0 N–H and O–H groups in total. The molecule has 0 fully saturated rings. The van der Waals surface area contributed by atoms with Crippen LogP contribution in [0.3, 0.4) is 0 Å². The van der Waals surface area contributed by atoms with E-state index in [1.54, 1.807) is 6.07 Å². The minimum atomic E-state index is -1.37. The maximum absolute atomic E-state index is 11.0. The van der Waals surface area contributed by atoms with Gasteiger partial charge in [0, 0.05) is 0 Å². The first kappa shape index (κ1) is 10.00. The fourth-order valence-electron chi connectivity index (χ4n) is 0.899. The Kier molecular flexibility index (Phi) is 4.02. The van der Waals surface area contributed by atoms with Crippen LogP contribution < -0.4 is 3.07 Å². The van der Waals surface area contributed by atoms with Crippen molar-refractivity contribution in [3.05, 3.63) is 29.8 Å². The molecule has 0 unspecified atom stereocenters. The number of carbonyl (C=O) groups is 1. The van der Waals surface area contributed by atoms with Crippen molar-refractivity contribution in [2.45, 2.75) is 0 Å². The van der Waals surface area contributed by atoms with Crippen molar-refractivity contribution >= 4 is 17.3 Å². The number of hydrogen-bond acceptors (Lipinski definition) is 2. The van der Waals surface area contributed by atoms with Gasteiger partial charge in [-0.25, -0.2) is 0 Å². The number of methoxy groups -OCH3 is 1. The molecule has 0 aliphatic rings. The average molecular weight is 371 g/mol. The van der Waals surface area contributed by atoms with Crippen molar-refractivity contribution < 1.29 is 32.9 Å². The second-order valence-electron chi connectivity index (χ2n) is 2.33. The number of hydrogen-bond donors (Lipinski definition) is 0. The number of ether oxygens (including phenoxy) is 1. The third-order valence-corrected chi connectivity index (χ3v) is 7.12. The molecule has 0 amide bonds. The molecule has 0 atom stereocenters. The van der Waals surface area contributed by atoms with Gasteiger partial charge in [-0.05, 0) is 0 Å². The standard InChI is InChI=1S/C8H7O2.ClH.Hg/c1-10-8(9)7-5-3-2-4-6-7;;/h2-3,5-6H,1H3;1H;/q;;+1/p-1. The summed E-state index contributed by atoms with van der Waals surface area (Å²) in [7, 11) is 7.19. The molecule has 0 saturated carbocycles. The Bertz CT molecular complexity index is 288. The number of halogens is 1. The Morgan fingerprint density at radius 2 is 2.33 bits per heavy atom. The summed E-state index contributed by atoms with van der Waals surface area (Å²) >= 11 is -1.37. The first-order valence-electron chi connectivity index (χ1n) is 3.51. The molecule has 1 rings (SSSR count). The van der Waals surface area contributed by atoms with Crippen LogP contribution in [0.4, 0.5) is 0 Å². The van der Waals surface area contributed by atoms with Gasteiger partial charge in [0.2, 0.25) is 0 Å². The van der Waals surface area contributed by atoms with Crippen LogP contribution >= 0.6 is 8.25 Å². The van der Waals surface area contributed by atoms with Gasteiger partial charge in [-0.2, -0.15) is 0 Å². The van der Waals surface area contributed by atoms with Crippen molar-refractivity contribution in [3.8, 4) is 0 Å². The molecule has 1 aromatic carbocycles. The summed E-state index contributed by atoms with van der Waals surface area (Å²) in [4.78, 5) is 11.0. The van der Waals surface area contributed by atoms with Crippen LogP contribution in [0.2, 0.25) is 0 Å². The molecule has 60 valence electrons. The van der Waals surface area contributed by atoms with Gasteiger partial charge in [0.15, 0.2) is 0 Å². The summed E-state index contributed by atoms with van der Waals surface area (Å²) in [6.45, 7) is 0. The van der Waals surface area contributed by atoms with E-state index in [9.17, 15) is 4.79 Å². The molecule has 2 nitrogen and oxygen atoms in total. The Balaban J connectivity index is 2.93. The van der Waals surface area contributed by atoms with E-state index in [1.807, 2.05) is 18.2 Å². The van der Waals surface area contributed by atoms with Crippen LogP contribution in [0.15, 0.2) is 24.3 Å². The Morgan fingerprint density at radius 1 is 1.58 bits per heavy atom. The van der Waals surface area contributed by atoms with Crippen LogP contribution in [-0.2, 0) is 28.1 Å². The van der Waals surface area contributed by atoms with E-state index in [2.05, 4.69) is 4.74 Å². The number of esters is 1. The predicted octanol–water partition coefficient (Wildman–Crippen LogP) is 1.33. The van der Waals surface area contributed by atoms with Crippen molar-refractivity contribution in [1.82, 2.24) is 0 Å². The molecule has 0 heterocycles. The van der Waals surface area contributed by atoms with E-state index < -0.39 is 23.3 Å². The maximum atomic E-state index is 11.0. The first-order valence-corrected chi connectivity index (χ1v) is 13.0. The average Bonchev–Trinajstić information content (AvgIpc) is 2.17. The normalized spacial score (nSPS) is 8.83. The van der Waals surface area contributed by atoms with E-state index in [0.717, 1.165) is 3.07 Å². The van der Waals surface area contributed by atoms with E-state index in [0.29, 0.717) is 5.56 Å². The quantitative estimate of drug-likeness (QED) is 0.580.